The molecule has 0 saturated carbocycles. The first-order chi connectivity index (χ1) is 10.1. The molecular weight excluding hydrogens is 297 g/mol. The van der Waals surface area contributed by atoms with Crippen molar-refractivity contribution in [3.05, 3.63) is 29.6 Å². The normalized spacial score (nSPS) is 21.7. The van der Waals surface area contributed by atoms with Gasteiger partial charge in [0.1, 0.15) is 5.69 Å². The van der Waals surface area contributed by atoms with Crippen LogP contribution in [0.15, 0.2) is 18.2 Å². The molecule has 7 heteroatoms. The fraction of sp³-hybridized carbons (Fsp3) is 0.600. The number of halogens is 3. The lowest BCUT2D eigenvalue weighted by atomic mass is 9.82. The predicted molar refractivity (Wildman–Crippen MR) is 73.9 cm³/mol. The molecular formula is C15H19F3N2O2. The number of aromatic nitrogens is 1. The van der Waals surface area contributed by atoms with E-state index in [1.54, 1.807) is 0 Å². The molecule has 0 aliphatic carbocycles. The standard InChI is InChI=1S/C15H19F3N2O2/c1-14(2)7-11(21)8-20(9-14)13(22)6-10-4-3-5-12(19-10)15(16,17)18/h3-5,11,21H,6-9H2,1-2H3. The van der Waals surface area contributed by atoms with Gasteiger partial charge in [0.2, 0.25) is 5.91 Å². The summed E-state index contributed by atoms with van der Waals surface area (Å²) in [4.78, 5) is 17.3. The number of hydrogen-bond donors (Lipinski definition) is 1. The van der Waals surface area contributed by atoms with E-state index in [0.29, 0.717) is 13.0 Å². The molecule has 1 saturated heterocycles. The number of carbonyl (C=O) groups is 1. The monoisotopic (exact) mass is 316 g/mol. The molecule has 1 amide bonds. The Kier molecular flexibility index (Phi) is 4.47. The van der Waals surface area contributed by atoms with E-state index in [4.69, 9.17) is 0 Å². The number of nitrogens with zero attached hydrogens (tertiary/aromatic N) is 2. The number of hydrogen-bond acceptors (Lipinski definition) is 3. The van der Waals surface area contributed by atoms with Crippen LogP contribution in [-0.2, 0) is 17.4 Å². The Balaban J connectivity index is 2.09. The first-order valence-corrected chi connectivity index (χ1v) is 7.06. The largest absolute Gasteiger partial charge is 0.433 e. The molecule has 0 aromatic carbocycles. The van der Waals surface area contributed by atoms with Crippen molar-refractivity contribution >= 4 is 5.91 Å². The minimum Gasteiger partial charge on any atom is -0.391 e. The van der Waals surface area contributed by atoms with Crippen LogP contribution in [0.5, 0.6) is 0 Å². The highest BCUT2D eigenvalue weighted by Crippen LogP contribution is 2.30. The lowest BCUT2D eigenvalue weighted by molar-refractivity contribution is -0.142. The van der Waals surface area contributed by atoms with E-state index in [-0.39, 0.29) is 30.0 Å². The molecule has 1 aromatic rings. The number of rotatable bonds is 2. The molecule has 1 aliphatic rings. The zero-order valence-electron chi connectivity index (χ0n) is 12.5. The van der Waals surface area contributed by atoms with Gasteiger partial charge in [-0.3, -0.25) is 4.79 Å². The van der Waals surface area contributed by atoms with E-state index < -0.39 is 18.0 Å². The molecule has 1 fully saturated rings. The molecule has 1 unspecified atom stereocenters. The number of pyridine rings is 1. The lowest BCUT2D eigenvalue weighted by Gasteiger charge is -2.40. The molecule has 0 radical (unpaired) electrons. The number of piperidine rings is 1. The Bertz CT molecular complexity index is 558. The van der Waals surface area contributed by atoms with Crippen LogP contribution in [0.1, 0.15) is 31.7 Å². The van der Waals surface area contributed by atoms with E-state index in [9.17, 15) is 23.1 Å². The van der Waals surface area contributed by atoms with Crippen molar-refractivity contribution in [3.63, 3.8) is 0 Å². The zero-order chi connectivity index (χ0) is 16.5. The van der Waals surface area contributed by atoms with Gasteiger partial charge in [-0.15, -0.1) is 0 Å². The summed E-state index contributed by atoms with van der Waals surface area (Å²) in [6, 6.07) is 3.52. The SMILES string of the molecule is CC1(C)CC(O)CN(C(=O)Cc2cccc(C(F)(F)F)n2)C1. The fourth-order valence-corrected chi connectivity index (χ4v) is 2.80. The van der Waals surface area contributed by atoms with Gasteiger partial charge in [0.15, 0.2) is 0 Å². The van der Waals surface area contributed by atoms with Gasteiger partial charge in [0.05, 0.1) is 18.2 Å². The molecule has 2 rings (SSSR count). The van der Waals surface area contributed by atoms with E-state index in [2.05, 4.69) is 4.98 Å². The van der Waals surface area contributed by atoms with Gasteiger partial charge in [-0.2, -0.15) is 13.2 Å². The number of likely N-dealkylation sites (tertiary alicyclic amines) is 1. The first kappa shape index (κ1) is 16.7. The summed E-state index contributed by atoms with van der Waals surface area (Å²) < 4.78 is 37.9. The van der Waals surface area contributed by atoms with Gasteiger partial charge in [0, 0.05) is 13.1 Å². The summed E-state index contributed by atoms with van der Waals surface area (Å²) in [6.45, 7) is 4.57. The summed E-state index contributed by atoms with van der Waals surface area (Å²) in [5.41, 5.74) is -1.14. The van der Waals surface area contributed by atoms with Gasteiger partial charge >= 0.3 is 6.18 Å². The van der Waals surface area contributed by atoms with Crippen LogP contribution in [0.3, 0.4) is 0 Å². The number of aliphatic hydroxyl groups is 1. The Morgan fingerprint density at radius 3 is 2.73 bits per heavy atom. The molecule has 1 aliphatic heterocycles. The number of alkyl halides is 3. The van der Waals surface area contributed by atoms with Crippen molar-refractivity contribution in [3.8, 4) is 0 Å². The average Bonchev–Trinajstić information content (AvgIpc) is 2.35. The van der Waals surface area contributed by atoms with Crippen LogP contribution in [0, 0.1) is 5.41 Å². The van der Waals surface area contributed by atoms with Crippen molar-refractivity contribution in [2.45, 2.75) is 39.0 Å². The second-order valence-corrected chi connectivity index (χ2v) is 6.49. The summed E-state index contributed by atoms with van der Waals surface area (Å²) >= 11 is 0. The summed E-state index contributed by atoms with van der Waals surface area (Å²) in [5.74, 6) is -0.321. The number of aliphatic hydroxyl groups excluding tert-OH is 1. The fourth-order valence-electron chi connectivity index (χ4n) is 2.80. The van der Waals surface area contributed by atoms with Crippen LogP contribution in [-0.4, -0.2) is 40.1 Å². The second-order valence-electron chi connectivity index (χ2n) is 6.49. The quantitative estimate of drug-likeness (QED) is 0.910. The maximum Gasteiger partial charge on any atom is 0.433 e. The average molecular weight is 316 g/mol. The number of carbonyl (C=O) groups excluding carboxylic acids is 1. The second kappa shape index (κ2) is 5.87. The number of amides is 1. The van der Waals surface area contributed by atoms with Crippen molar-refractivity contribution in [2.75, 3.05) is 13.1 Å². The molecule has 0 bridgehead atoms. The molecule has 1 atom stereocenters. The van der Waals surface area contributed by atoms with Crippen LogP contribution in [0.25, 0.3) is 0 Å². The summed E-state index contributed by atoms with van der Waals surface area (Å²) in [7, 11) is 0. The van der Waals surface area contributed by atoms with Crippen LogP contribution in [0.2, 0.25) is 0 Å². The van der Waals surface area contributed by atoms with Crippen molar-refractivity contribution in [1.29, 1.82) is 0 Å². The molecule has 122 valence electrons. The topological polar surface area (TPSA) is 53.4 Å². The Morgan fingerprint density at radius 2 is 2.14 bits per heavy atom. The maximum absolute atomic E-state index is 12.6. The third-order valence-electron chi connectivity index (χ3n) is 3.62. The summed E-state index contributed by atoms with van der Waals surface area (Å²) in [5, 5.41) is 9.82. The minimum atomic E-state index is -4.53. The third kappa shape index (κ3) is 4.19. The van der Waals surface area contributed by atoms with Gasteiger partial charge < -0.3 is 10.0 Å². The maximum atomic E-state index is 12.6. The van der Waals surface area contributed by atoms with E-state index in [1.165, 1.54) is 17.0 Å². The highest BCUT2D eigenvalue weighted by atomic mass is 19.4. The molecule has 22 heavy (non-hydrogen) atoms. The van der Waals surface area contributed by atoms with Crippen LogP contribution >= 0.6 is 0 Å². The highest BCUT2D eigenvalue weighted by molar-refractivity contribution is 5.78. The zero-order valence-corrected chi connectivity index (χ0v) is 12.5. The minimum absolute atomic E-state index is 0.0812. The van der Waals surface area contributed by atoms with Crippen molar-refractivity contribution < 1.29 is 23.1 Å². The van der Waals surface area contributed by atoms with Gasteiger partial charge in [0.25, 0.3) is 0 Å². The molecule has 2 heterocycles. The van der Waals surface area contributed by atoms with Crippen molar-refractivity contribution in [2.24, 2.45) is 5.41 Å². The van der Waals surface area contributed by atoms with Crippen LogP contribution in [0.4, 0.5) is 13.2 Å². The highest BCUT2D eigenvalue weighted by Gasteiger charge is 2.35. The van der Waals surface area contributed by atoms with Gasteiger partial charge in [-0.05, 0) is 24.0 Å². The first-order valence-electron chi connectivity index (χ1n) is 7.06. The van der Waals surface area contributed by atoms with E-state index in [0.717, 1.165) is 6.07 Å². The van der Waals surface area contributed by atoms with E-state index >= 15 is 0 Å². The molecule has 0 spiro atoms. The molecule has 1 aromatic heterocycles. The molecule has 1 N–H and O–H groups in total. The molecule has 4 nitrogen and oxygen atoms in total. The number of β-amino-alcohol motifs (C(OH)–C–C–N with tert-alkyl or cyclic N) is 1. The third-order valence-corrected chi connectivity index (χ3v) is 3.62. The predicted octanol–water partition coefficient (Wildman–Crippen LogP) is 2.26. The smallest absolute Gasteiger partial charge is 0.391 e. The summed E-state index contributed by atoms with van der Waals surface area (Å²) in [6.07, 6.45) is -4.74. The Hall–Kier alpha value is -1.63. The van der Waals surface area contributed by atoms with Gasteiger partial charge in [-0.25, -0.2) is 4.98 Å². The van der Waals surface area contributed by atoms with E-state index in [1.807, 2.05) is 13.8 Å². The lowest BCUT2D eigenvalue weighted by Crippen LogP contribution is -2.50. The van der Waals surface area contributed by atoms with Crippen LogP contribution < -0.4 is 0 Å². The van der Waals surface area contributed by atoms with Gasteiger partial charge in [-0.1, -0.05) is 19.9 Å². The Morgan fingerprint density at radius 1 is 1.45 bits per heavy atom. The Labute approximate surface area is 127 Å². The van der Waals surface area contributed by atoms with Crippen molar-refractivity contribution in [1.82, 2.24) is 9.88 Å².